The average molecular weight is 251 g/mol. The number of benzene rings is 1. The van der Waals surface area contributed by atoms with Crippen LogP contribution in [0.1, 0.15) is 24.4 Å². The Morgan fingerprint density at radius 3 is 2.86 bits per heavy atom. The van der Waals surface area contributed by atoms with Crippen LogP contribution >= 0.6 is 15.9 Å². The smallest absolute Gasteiger partial charge is 0.121 e. The summed E-state index contributed by atoms with van der Waals surface area (Å²) in [4.78, 5) is 0. The summed E-state index contributed by atoms with van der Waals surface area (Å²) in [5.74, 6) is 0. The predicted octanol–water partition coefficient (Wildman–Crippen LogP) is 2.77. The van der Waals surface area contributed by atoms with Crippen molar-refractivity contribution >= 4 is 15.9 Å². The summed E-state index contributed by atoms with van der Waals surface area (Å²) in [7, 11) is 0. The first-order valence-electron chi connectivity index (χ1n) is 4.71. The quantitative estimate of drug-likeness (QED) is 0.896. The summed E-state index contributed by atoms with van der Waals surface area (Å²) in [5, 5.41) is 12.3. The van der Waals surface area contributed by atoms with E-state index in [1.54, 1.807) is 0 Å². The van der Waals surface area contributed by atoms with E-state index >= 15 is 0 Å². The summed E-state index contributed by atoms with van der Waals surface area (Å²) in [5.41, 5.74) is 1.04. The highest BCUT2D eigenvalue weighted by Gasteiger charge is 2.25. The van der Waals surface area contributed by atoms with Gasteiger partial charge in [0.05, 0.1) is 6.07 Å². The van der Waals surface area contributed by atoms with E-state index < -0.39 is 0 Å². The van der Waals surface area contributed by atoms with Gasteiger partial charge in [-0.25, -0.2) is 0 Å². The van der Waals surface area contributed by atoms with Crippen molar-refractivity contribution in [3.63, 3.8) is 0 Å². The molecule has 3 heteroatoms. The molecule has 72 valence electrons. The van der Waals surface area contributed by atoms with Crippen LogP contribution in [-0.4, -0.2) is 6.04 Å². The number of nitriles is 1. The largest absolute Gasteiger partial charge is 0.295 e. The van der Waals surface area contributed by atoms with Gasteiger partial charge in [0.2, 0.25) is 0 Å². The first kappa shape index (κ1) is 9.70. The third kappa shape index (κ3) is 2.34. The predicted molar refractivity (Wildman–Crippen MR) is 58.7 cm³/mol. The number of rotatable bonds is 3. The van der Waals surface area contributed by atoms with Crippen LogP contribution in [0.4, 0.5) is 0 Å². The van der Waals surface area contributed by atoms with E-state index in [9.17, 15) is 0 Å². The number of nitrogens with one attached hydrogen (secondary N) is 1. The molecule has 1 aliphatic carbocycles. The second-order valence-electron chi connectivity index (χ2n) is 3.56. The molecule has 1 N–H and O–H groups in total. The Morgan fingerprint density at radius 2 is 2.29 bits per heavy atom. The molecule has 2 nitrogen and oxygen atoms in total. The van der Waals surface area contributed by atoms with Crippen molar-refractivity contribution in [1.82, 2.24) is 5.32 Å². The van der Waals surface area contributed by atoms with Crippen molar-refractivity contribution in [2.75, 3.05) is 0 Å². The van der Waals surface area contributed by atoms with Crippen molar-refractivity contribution in [3.8, 4) is 6.07 Å². The minimum atomic E-state index is -0.167. The molecule has 1 atom stereocenters. The van der Waals surface area contributed by atoms with Crippen molar-refractivity contribution < 1.29 is 0 Å². The number of halogens is 1. The molecule has 1 aliphatic rings. The van der Waals surface area contributed by atoms with E-state index in [0.717, 1.165) is 10.0 Å². The van der Waals surface area contributed by atoms with E-state index in [2.05, 4.69) is 27.3 Å². The van der Waals surface area contributed by atoms with Gasteiger partial charge in [-0.3, -0.25) is 5.32 Å². The highest BCUT2D eigenvalue weighted by molar-refractivity contribution is 9.10. The Labute approximate surface area is 92.1 Å². The fourth-order valence-electron chi connectivity index (χ4n) is 1.38. The lowest BCUT2D eigenvalue weighted by molar-refractivity contribution is 0.626. The number of hydrogen-bond acceptors (Lipinski definition) is 2. The maximum atomic E-state index is 9.02. The van der Waals surface area contributed by atoms with Gasteiger partial charge >= 0.3 is 0 Å². The van der Waals surface area contributed by atoms with Gasteiger partial charge in [0, 0.05) is 10.5 Å². The Hall–Kier alpha value is -0.850. The molecule has 0 saturated heterocycles. The zero-order chi connectivity index (χ0) is 9.97. The molecule has 14 heavy (non-hydrogen) atoms. The normalized spacial score (nSPS) is 17.4. The lowest BCUT2D eigenvalue weighted by Gasteiger charge is -2.10. The molecular formula is C11H11BrN2. The van der Waals surface area contributed by atoms with E-state index in [-0.39, 0.29) is 6.04 Å². The molecule has 0 spiro atoms. The lowest BCUT2D eigenvalue weighted by Crippen LogP contribution is -2.21. The van der Waals surface area contributed by atoms with Gasteiger partial charge in [0.15, 0.2) is 0 Å². The monoisotopic (exact) mass is 250 g/mol. The summed E-state index contributed by atoms with van der Waals surface area (Å²) >= 11 is 3.40. The van der Waals surface area contributed by atoms with Crippen molar-refractivity contribution in [1.29, 1.82) is 5.26 Å². The minimum absolute atomic E-state index is 0.167. The van der Waals surface area contributed by atoms with Gasteiger partial charge in [-0.05, 0) is 30.5 Å². The third-order valence-corrected chi connectivity index (χ3v) is 2.78. The van der Waals surface area contributed by atoms with Crippen LogP contribution in [0.25, 0.3) is 0 Å². The number of hydrogen-bond donors (Lipinski definition) is 1. The summed E-state index contributed by atoms with van der Waals surface area (Å²) in [6.45, 7) is 0. The van der Waals surface area contributed by atoms with Crippen molar-refractivity contribution in [2.45, 2.75) is 24.9 Å². The van der Waals surface area contributed by atoms with E-state index in [1.165, 1.54) is 12.8 Å². The van der Waals surface area contributed by atoms with Gasteiger partial charge in [0.1, 0.15) is 6.04 Å². The molecule has 1 saturated carbocycles. The highest BCUT2D eigenvalue weighted by atomic mass is 79.9. The van der Waals surface area contributed by atoms with Gasteiger partial charge in [-0.15, -0.1) is 0 Å². The highest BCUT2D eigenvalue weighted by Crippen LogP contribution is 2.25. The summed E-state index contributed by atoms with van der Waals surface area (Å²) in [6.07, 6.45) is 2.40. The molecule has 0 aromatic heterocycles. The lowest BCUT2D eigenvalue weighted by atomic mass is 10.1. The molecule has 1 aromatic rings. The van der Waals surface area contributed by atoms with Crippen molar-refractivity contribution in [2.24, 2.45) is 0 Å². The Kier molecular flexibility index (Phi) is 2.85. The van der Waals surface area contributed by atoms with Gasteiger partial charge in [-0.1, -0.05) is 28.1 Å². The Balaban J connectivity index is 2.14. The maximum absolute atomic E-state index is 9.02. The molecule has 1 fully saturated rings. The first-order valence-corrected chi connectivity index (χ1v) is 5.50. The van der Waals surface area contributed by atoms with E-state index in [4.69, 9.17) is 5.26 Å². The van der Waals surface area contributed by atoms with Crippen LogP contribution in [0.5, 0.6) is 0 Å². The average Bonchev–Trinajstić information content (AvgIpc) is 2.98. The van der Waals surface area contributed by atoms with Crippen LogP contribution in [0, 0.1) is 11.3 Å². The zero-order valence-electron chi connectivity index (χ0n) is 7.70. The molecule has 0 radical (unpaired) electrons. The second-order valence-corrected chi connectivity index (χ2v) is 4.47. The Morgan fingerprint density at radius 1 is 1.50 bits per heavy atom. The summed E-state index contributed by atoms with van der Waals surface area (Å²) < 4.78 is 1.02. The topological polar surface area (TPSA) is 35.8 Å². The standard InChI is InChI=1S/C11H11BrN2/c12-9-3-1-2-8(6-9)11(7-13)14-10-4-5-10/h1-3,6,10-11,14H,4-5H2. The van der Waals surface area contributed by atoms with Crippen LogP contribution < -0.4 is 5.32 Å². The molecule has 2 rings (SSSR count). The van der Waals surface area contributed by atoms with Gasteiger partial charge in [-0.2, -0.15) is 5.26 Å². The molecule has 0 aliphatic heterocycles. The molecule has 0 bridgehead atoms. The van der Waals surface area contributed by atoms with Gasteiger partial charge in [0.25, 0.3) is 0 Å². The molecule has 1 unspecified atom stereocenters. The fourth-order valence-corrected chi connectivity index (χ4v) is 1.80. The van der Waals surface area contributed by atoms with Crippen LogP contribution in [0.3, 0.4) is 0 Å². The summed E-state index contributed by atoms with van der Waals surface area (Å²) in [6, 6.07) is 10.6. The zero-order valence-corrected chi connectivity index (χ0v) is 9.29. The van der Waals surface area contributed by atoms with Crippen LogP contribution in [-0.2, 0) is 0 Å². The van der Waals surface area contributed by atoms with Crippen LogP contribution in [0.2, 0.25) is 0 Å². The van der Waals surface area contributed by atoms with Crippen molar-refractivity contribution in [3.05, 3.63) is 34.3 Å². The van der Waals surface area contributed by atoms with Gasteiger partial charge < -0.3 is 0 Å². The molecule has 0 amide bonds. The van der Waals surface area contributed by atoms with E-state index in [0.29, 0.717) is 6.04 Å². The Bertz CT molecular complexity index is 366. The molecule has 1 aromatic carbocycles. The molecular weight excluding hydrogens is 240 g/mol. The maximum Gasteiger partial charge on any atom is 0.121 e. The third-order valence-electron chi connectivity index (χ3n) is 2.29. The number of nitrogens with zero attached hydrogens (tertiary/aromatic N) is 1. The second kappa shape index (κ2) is 4.12. The molecule has 0 heterocycles. The SMILES string of the molecule is N#CC(NC1CC1)c1cccc(Br)c1. The first-order chi connectivity index (χ1) is 6.79. The van der Waals surface area contributed by atoms with Crippen LogP contribution in [0.15, 0.2) is 28.7 Å². The minimum Gasteiger partial charge on any atom is -0.295 e. The fraction of sp³-hybridized carbons (Fsp3) is 0.364. The van der Waals surface area contributed by atoms with E-state index in [1.807, 2.05) is 24.3 Å².